The van der Waals surface area contributed by atoms with E-state index in [0.29, 0.717) is 29.6 Å². The molecule has 7 nitrogen and oxygen atoms in total. The van der Waals surface area contributed by atoms with Gasteiger partial charge in [0.05, 0.1) is 24.0 Å². The van der Waals surface area contributed by atoms with Gasteiger partial charge in [-0.05, 0) is 25.0 Å². The van der Waals surface area contributed by atoms with Crippen LogP contribution in [0.4, 0.5) is 0 Å². The van der Waals surface area contributed by atoms with Crippen LogP contribution in [0.15, 0.2) is 36.7 Å². The molecule has 0 bridgehead atoms. The predicted molar refractivity (Wildman–Crippen MR) is 93.6 cm³/mol. The van der Waals surface area contributed by atoms with E-state index in [0.717, 1.165) is 12.8 Å². The summed E-state index contributed by atoms with van der Waals surface area (Å²) in [7, 11) is 0. The maximum atomic E-state index is 12.8. The summed E-state index contributed by atoms with van der Waals surface area (Å²) < 4.78 is 17.3. The smallest absolute Gasteiger partial charge is 0.316 e. The Morgan fingerprint density at radius 2 is 2.00 bits per heavy atom. The summed E-state index contributed by atoms with van der Waals surface area (Å²) in [6.45, 7) is 1.34. The minimum Gasteiger partial charge on any atom is -0.485 e. The van der Waals surface area contributed by atoms with Crippen LogP contribution >= 0.6 is 11.6 Å². The lowest BCUT2D eigenvalue weighted by atomic mass is 10.1. The summed E-state index contributed by atoms with van der Waals surface area (Å²) in [6.07, 6.45) is 3.84. The van der Waals surface area contributed by atoms with Gasteiger partial charge in [-0.15, -0.1) is 0 Å². The van der Waals surface area contributed by atoms with Crippen molar-refractivity contribution in [3.8, 4) is 17.5 Å². The van der Waals surface area contributed by atoms with Gasteiger partial charge >= 0.3 is 6.01 Å². The Kier molecular flexibility index (Phi) is 4.79. The van der Waals surface area contributed by atoms with E-state index in [2.05, 4.69) is 9.97 Å². The molecule has 2 atom stereocenters. The van der Waals surface area contributed by atoms with Gasteiger partial charge in [-0.3, -0.25) is 4.79 Å². The maximum absolute atomic E-state index is 12.8. The molecule has 3 heterocycles. The molecule has 2 aliphatic rings. The zero-order chi connectivity index (χ0) is 17.9. The first-order chi connectivity index (χ1) is 12.7. The highest BCUT2D eigenvalue weighted by Gasteiger charge is 2.34. The number of carbonyl (C=O) groups excluding carboxylic acids is 1. The fourth-order valence-electron chi connectivity index (χ4n) is 3.09. The zero-order valence-corrected chi connectivity index (χ0v) is 14.8. The lowest BCUT2D eigenvalue weighted by Crippen LogP contribution is -2.51. The number of hydrogen-bond acceptors (Lipinski definition) is 6. The van der Waals surface area contributed by atoms with Crippen LogP contribution in [-0.2, 0) is 4.79 Å². The van der Waals surface area contributed by atoms with Crippen LogP contribution in [-0.4, -0.2) is 52.7 Å². The van der Waals surface area contributed by atoms with Gasteiger partial charge in [-0.25, -0.2) is 9.97 Å². The van der Waals surface area contributed by atoms with Crippen molar-refractivity contribution in [1.29, 1.82) is 0 Å². The predicted octanol–water partition coefficient (Wildman–Crippen LogP) is 2.34. The average Bonchev–Trinajstić information content (AvgIpc) is 2.69. The third-order valence-corrected chi connectivity index (χ3v) is 4.54. The second-order valence-electron chi connectivity index (χ2n) is 6.21. The third kappa shape index (κ3) is 3.67. The van der Waals surface area contributed by atoms with Gasteiger partial charge in [-0.2, -0.15) is 0 Å². The quantitative estimate of drug-likeness (QED) is 0.819. The molecule has 2 unspecified atom stereocenters. The lowest BCUT2D eigenvalue weighted by molar-refractivity contribution is -0.143. The molecule has 0 radical (unpaired) electrons. The highest BCUT2D eigenvalue weighted by atomic mass is 35.5. The molecule has 1 amide bonds. The monoisotopic (exact) mass is 375 g/mol. The molecule has 1 aromatic heterocycles. The largest absolute Gasteiger partial charge is 0.485 e. The molecule has 8 heteroatoms. The molecular weight excluding hydrogens is 358 g/mol. The van der Waals surface area contributed by atoms with Gasteiger partial charge in [0.1, 0.15) is 12.7 Å². The molecule has 1 saturated heterocycles. The van der Waals surface area contributed by atoms with Crippen LogP contribution < -0.4 is 14.2 Å². The van der Waals surface area contributed by atoms with Crippen LogP contribution in [0.5, 0.6) is 17.5 Å². The molecule has 136 valence electrons. The van der Waals surface area contributed by atoms with E-state index < -0.39 is 6.10 Å². The summed E-state index contributed by atoms with van der Waals surface area (Å²) in [6, 6.07) is 7.61. The molecule has 2 aromatic rings. The number of aromatic nitrogens is 2. The van der Waals surface area contributed by atoms with Crippen molar-refractivity contribution in [2.45, 2.75) is 25.0 Å². The number of para-hydroxylation sites is 2. The van der Waals surface area contributed by atoms with Crippen LogP contribution in [0.25, 0.3) is 0 Å². The number of hydrogen-bond donors (Lipinski definition) is 0. The fraction of sp³-hybridized carbons (Fsp3) is 0.389. The molecule has 1 aromatic carbocycles. The van der Waals surface area contributed by atoms with Gasteiger partial charge < -0.3 is 19.1 Å². The van der Waals surface area contributed by atoms with E-state index in [1.807, 2.05) is 18.2 Å². The summed E-state index contributed by atoms with van der Waals surface area (Å²) >= 11 is 5.78. The topological polar surface area (TPSA) is 73.8 Å². The first kappa shape index (κ1) is 16.9. The average molecular weight is 376 g/mol. The number of nitrogens with zero attached hydrogens (tertiary/aromatic N) is 3. The number of benzene rings is 1. The van der Waals surface area contributed by atoms with Gasteiger partial charge in [0, 0.05) is 6.54 Å². The van der Waals surface area contributed by atoms with Crippen LogP contribution in [0.1, 0.15) is 12.8 Å². The molecule has 0 saturated carbocycles. The highest BCUT2D eigenvalue weighted by Crippen LogP contribution is 2.31. The van der Waals surface area contributed by atoms with E-state index in [1.54, 1.807) is 11.0 Å². The highest BCUT2D eigenvalue weighted by molar-refractivity contribution is 6.30. The number of likely N-dealkylation sites (tertiary alicyclic amines) is 1. The minimum atomic E-state index is -0.643. The first-order valence-corrected chi connectivity index (χ1v) is 8.88. The van der Waals surface area contributed by atoms with Crippen molar-refractivity contribution < 1.29 is 19.0 Å². The third-order valence-electron chi connectivity index (χ3n) is 4.34. The summed E-state index contributed by atoms with van der Waals surface area (Å²) in [5.41, 5.74) is 0. The molecule has 1 fully saturated rings. The SMILES string of the molecule is O=C(C1COc2ccccc2O1)N1CCCC(Oc2ncc(Cl)cn2)C1. The summed E-state index contributed by atoms with van der Waals surface area (Å²) in [5, 5.41) is 0.451. The first-order valence-electron chi connectivity index (χ1n) is 8.50. The summed E-state index contributed by atoms with van der Waals surface area (Å²) in [5.74, 6) is 1.16. The number of piperidine rings is 1. The Hall–Kier alpha value is -2.54. The van der Waals surface area contributed by atoms with Gasteiger partial charge in [0.2, 0.25) is 6.10 Å². The van der Waals surface area contributed by atoms with E-state index in [1.165, 1.54) is 12.4 Å². The molecular formula is C18H18ClN3O4. The fourth-order valence-corrected chi connectivity index (χ4v) is 3.19. The lowest BCUT2D eigenvalue weighted by Gasteiger charge is -2.35. The van der Waals surface area contributed by atoms with E-state index in [9.17, 15) is 4.79 Å². The molecule has 2 aliphatic heterocycles. The van der Waals surface area contributed by atoms with Crippen LogP contribution in [0, 0.1) is 0 Å². The van der Waals surface area contributed by atoms with Gasteiger partial charge in [-0.1, -0.05) is 23.7 Å². The van der Waals surface area contributed by atoms with Crippen molar-refractivity contribution in [2.75, 3.05) is 19.7 Å². The number of halogens is 1. The Balaban J connectivity index is 1.38. The second-order valence-corrected chi connectivity index (χ2v) is 6.65. The molecule has 0 aliphatic carbocycles. The number of ether oxygens (including phenoxy) is 3. The number of rotatable bonds is 3. The van der Waals surface area contributed by atoms with Crippen molar-refractivity contribution in [2.24, 2.45) is 0 Å². The van der Waals surface area contributed by atoms with Crippen molar-refractivity contribution in [3.05, 3.63) is 41.7 Å². The Labute approximate surface area is 155 Å². The number of amides is 1. The Morgan fingerprint density at radius 3 is 2.81 bits per heavy atom. The standard InChI is InChI=1S/C18H18ClN3O4/c19-12-8-20-18(21-9-12)25-13-4-3-7-22(10-13)17(23)16-11-24-14-5-1-2-6-15(14)26-16/h1-2,5-6,8-9,13,16H,3-4,7,10-11H2. The number of carbonyl (C=O) groups is 1. The van der Waals surface area contributed by atoms with Crippen LogP contribution in [0.3, 0.4) is 0 Å². The van der Waals surface area contributed by atoms with Crippen molar-refractivity contribution in [3.63, 3.8) is 0 Å². The molecule has 0 spiro atoms. The Bertz CT molecular complexity index is 786. The van der Waals surface area contributed by atoms with E-state index in [-0.39, 0.29) is 24.6 Å². The van der Waals surface area contributed by atoms with E-state index >= 15 is 0 Å². The van der Waals surface area contributed by atoms with Crippen molar-refractivity contribution >= 4 is 17.5 Å². The minimum absolute atomic E-state index is 0.0928. The normalized spacial score (nSPS) is 22.0. The number of fused-ring (bicyclic) bond motifs is 1. The zero-order valence-electron chi connectivity index (χ0n) is 14.0. The van der Waals surface area contributed by atoms with Gasteiger partial charge in [0.25, 0.3) is 5.91 Å². The molecule has 26 heavy (non-hydrogen) atoms. The Morgan fingerprint density at radius 1 is 1.23 bits per heavy atom. The summed E-state index contributed by atoms with van der Waals surface area (Å²) in [4.78, 5) is 22.7. The maximum Gasteiger partial charge on any atom is 0.316 e. The second kappa shape index (κ2) is 7.37. The molecule has 4 rings (SSSR count). The molecule has 0 N–H and O–H groups in total. The van der Waals surface area contributed by atoms with E-state index in [4.69, 9.17) is 25.8 Å². The van der Waals surface area contributed by atoms with Crippen LogP contribution in [0.2, 0.25) is 5.02 Å². The van der Waals surface area contributed by atoms with Gasteiger partial charge in [0.15, 0.2) is 11.5 Å². The van der Waals surface area contributed by atoms with Crippen molar-refractivity contribution in [1.82, 2.24) is 14.9 Å².